The van der Waals surface area contributed by atoms with Crippen molar-refractivity contribution in [3.63, 3.8) is 0 Å². The second-order valence-corrected chi connectivity index (χ2v) is 10.6. The van der Waals surface area contributed by atoms with Crippen LogP contribution in [-0.4, -0.2) is 83.1 Å². The highest BCUT2D eigenvalue weighted by Crippen LogP contribution is 2.29. The molecular weight excluding hydrogens is 510 g/mol. The third-order valence-corrected chi connectivity index (χ3v) is 7.94. The average Bonchev–Trinajstić information content (AvgIpc) is 3.68. The smallest absolute Gasteiger partial charge is 0.412 e. The molecule has 10 nitrogen and oxygen atoms in total. The number of alkyl carbamates (subject to hydrolysis) is 1. The van der Waals surface area contributed by atoms with E-state index in [0.717, 1.165) is 75.5 Å². The van der Waals surface area contributed by atoms with E-state index in [2.05, 4.69) is 27.8 Å². The molecule has 2 aliphatic rings. The number of esters is 1. The maximum Gasteiger partial charge on any atom is 0.412 e. The third kappa shape index (κ3) is 6.83. The summed E-state index contributed by atoms with van der Waals surface area (Å²) in [6.07, 6.45) is 5.51. The first-order valence-corrected chi connectivity index (χ1v) is 14.7. The van der Waals surface area contributed by atoms with Gasteiger partial charge in [0.2, 0.25) is 5.91 Å². The van der Waals surface area contributed by atoms with E-state index in [1.54, 1.807) is 6.92 Å². The van der Waals surface area contributed by atoms with Gasteiger partial charge in [-0.2, -0.15) is 0 Å². The number of likely N-dealkylation sites (tertiary alicyclic amines) is 2. The first-order valence-electron chi connectivity index (χ1n) is 14.7. The second kappa shape index (κ2) is 13.8. The molecular formula is C30H43N5O5. The lowest BCUT2D eigenvalue weighted by molar-refractivity contribution is -0.146. The lowest BCUT2D eigenvalue weighted by Gasteiger charge is -2.31. The Bertz CT molecular complexity index is 1220. The van der Waals surface area contributed by atoms with Gasteiger partial charge in [-0.25, -0.2) is 4.79 Å². The van der Waals surface area contributed by atoms with Crippen molar-refractivity contribution in [2.75, 3.05) is 32.8 Å². The zero-order valence-corrected chi connectivity index (χ0v) is 24.0. The van der Waals surface area contributed by atoms with Crippen molar-refractivity contribution in [3.05, 3.63) is 35.5 Å². The molecule has 0 unspecified atom stereocenters. The normalized spacial score (nSPS) is 19.2. The minimum atomic E-state index is -0.615. The van der Waals surface area contributed by atoms with Gasteiger partial charge in [0.25, 0.3) is 0 Å². The van der Waals surface area contributed by atoms with Crippen LogP contribution in [0.25, 0.3) is 10.9 Å². The van der Waals surface area contributed by atoms with Gasteiger partial charge in [0.1, 0.15) is 5.84 Å². The number of hydrogen-bond acceptors (Lipinski definition) is 7. The number of amides is 2. The molecule has 2 fully saturated rings. The number of rotatable bonds is 11. The number of carbonyl (C=O) groups excluding carboxylic acids is 3. The number of fused-ring (bicyclic) bond motifs is 1. The van der Waals surface area contributed by atoms with E-state index < -0.39 is 6.09 Å². The predicted octanol–water partition coefficient (Wildman–Crippen LogP) is 4.07. The Morgan fingerprint density at radius 1 is 1.05 bits per heavy atom. The maximum atomic E-state index is 13.6. The molecule has 0 spiro atoms. The fraction of sp³-hybridized carbons (Fsp3) is 0.600. The molecule has 0 bridgehead atoms. The minimum Gasteiger partial charge on any atom is -0.465 e. The summed E-state index contributed by atoms with van der Waals surface area (Å²) in [4.78, 5) is 41.6. The molecule has 2 amide bonds. The quantitative estimate of drug-likeness (QED) is 0.246. The van der Waals surface area contributed by atoms with Crippen LogP contribution in [0.1, 0.15) is 70.6 Å². The molecule has 0 saturated carbocycles. The molecule has 4 rings (SSSR count). The number of benzene rings is 1. The number of ether oxygens (including phenoxy) is 2. The number of hydrogen-bond donors (Lipinski definition) is 2. The van der Waals surface area contributed by atoms with E-state index in [-0.39, 0.29) is 36.3 Å². The highest BCUT2D eigenvalue weighted by atomic mass is 16.5. The van der Waals surface area contributed by atoms with Gasteiger partial charge >= 0.3 is 12.1 Å². The summed E-state index contributed by atoms with van der Waals surface area (Å²) >= 11 is 0. The van der Waals surface area contributed by atoms with Gasteiger partial charge in [-0.1, -0.05) is 19.1 Å². The average molecular weight is 554 g/mol. The van der Waals surface area contributed by atoms with Crippen molar-refractivity contribution in [3.8, 4) is 0 Å². The van der Waals surface area contributed by atoms with Crippen molar-refractivity contribution in [1.29, 1.82) is 5.41 Å². The van der Waals surface area contributed by atoms with Crippen LogP contribution in [0.3, 0.4) is 0 Å². The monoisotopic (exact) mass is 553 g/mol. The van der Waals surface area contributed by atoms with E-state index in [1.165, 1.54) is 5.69 Å². The number of amidine groups is 1. The molecule has 0 radical (unpaired) electrons. The zero-order valence-electron chi connectivity index (χ0n) is 24.0. The van der Waals surface area contributed by atoms with Crippen molar-refractivity contribution >= 4 is 34.7 Å². The van der Waals surface area contributed by atoms with Crippen LogP contribution in [-0.2, 0) is 32.0 Å². The number of aryl methyl sites for hydroxylation is 2. The lowest BCUT2D eigenvalue weighted by Crippen LogP contribution is -2.48. The summed E-state index contributed by atoms with van der Waals surface area (Å²) in [5.74, 6) is -0.107. The molecule has 10 heteroatoms. The van der Waals surface area contributed by atoms with Gasteiger partial charge < -0.3 is 18.9 Å². The van der Waals surface area contributed by atoms with Crippen LogP contribution in [0.4, 0.5) is 4.79 Å². The summed E-state index contributed by atoms with van der Waals surface area (Å²) in [5, 5.41) is 11.9. The largest absolute Gasteiger partial charge is 0.465 e. The fourth-order valence-corrected chi connectivity index (χ4v) is 6.05. The lowest BCUT2D eigenvalue weighted by atomic mass is 10.1. The van der Waals surface area contributed by atoms with Crippen molar-refractivity contribution in [1.82, 2.24) is 19.7 Å². The van der Waals surface area contributed by atoms with Gasteiger partial charge in [-0.05, 0) is 82.9 Å². The summed E-state index contributed by atoms with van der Waals surface area (Å²) < 4.78 is 12.4. The van der Waals surface area contributed by atoms with Crippen molar-refractivity contribution in [2.24, 2.45) is 0 Å². The molecule has 2 aromatic rings. The molecule has 40 heavy (non-hydrogen) atoms. The number of aromatic nitrogens is 1. The Hall–Kier alpha value is -3.40. The predicted molar refractivity (Wildman–Crippen MR) is 153 cm³/mol. The van der Waals surface area contributed by atoms with E-state index in [0.29, 0.717) is 18.8 Å². The topological polar surface area (TPSA) is 117 Å². The van der Waals surface area contributed by atoms with Crippen LogP contribution in [0.2, 0.25) is 0 Å². The molecule has 2 N–H and O–H groups in total. The molecule has 2 saturated heterocycles. The molecule has 2 aliphatic heterocycles. The van der Waals surface area contributed by atoms with E-state index in [1.807, 2.05) is 30.0 Å². The summed E-state index contributed by atoms with van der Waals surface area (Å²) in [5.41, 5.74) is 2.83. The van der Waals surface area contributed by atoms with Gasteiger partial charge in [0.05, 0.1) is 25.8 Å². The van der Waals surface area contributed by atoms with Gasteiger partial charge in [0, 0.05) is 35.9 Å². The zero-order chi connectivity index (χ0) is 28.6. The Labute approximate surface area is 236 Å². The number of carbonyl (C=O) groups is 3. The Morgan fingerprint density at radius 3 is 2.60 bits per heavy atom. The first-order chi connectivity index (χ1) is 19.4. The van der Waals surface area contributed by atoms with E-state index in [9.17, 15) is 14.4 Å². The number of nitrogens with one attached hydrogen (secondary N) is 2. The molecule has 2 atom stereocenters. The summed E-state index contributed by atoms with van der Waals surface area (Å²) in [6, 6.07) is 7.90. The van der Waals surface area contributed by atoms with Gasteiger partial charge in [0.15, 0.2) is 0 Å². The van der Waals surface area contributed by atoms with Gasteiger partial charge in [-0.3, -0.25) is 25.2 Å². The molecule has 0 aliphatic carbocycles. The number of nitrogens with zero attached hydrogens (tertiary/aromatic N) is 3. The summed E-state index contributed by atoms with van der Waals surface area (Å²) in [7, 11) is 0. The Morgan fingerprint density at radius 2 is 1.85 bits per heavy atom. The highest BCUT2D eigenvalue weighted by Gasteiger charge is 2.38. The van der Waals surface area contributed by atoms with Gasteiger partial charge in [-0.15, -0.1) is 0 Å². The summed E-state index contributed by atoms with van der Waals surface area (Å²) in [6.45, 7) is 8.95. The van der Waals surface area contributed by atoms with Crippen LogP contribution < -0.4 is 5.32 Å². The molecule has 3 heterocycles. The first kappa shape index (κ1) is 29.6. The minimum absolute atomic E-state index is 0.0115. The molecule has 1 aromatic heterocycles. The van der Waals surface area contributed by atoms with Crippen LogP contribution in [0.15, 0.2) is 24.3 Å². The highest BCUT2D eigenvalue weighted by molar-refractivity contribution is 6.06. The molecule has 218 valence electrons. The third-order valence-electron chi connectivity index (χ3n) is 7.94. The molecule has 1 aromatic carbocycles. The SMILES string of the molecule is CCCOC(=O)NC(=N)c1ccc2cc(CC[C@@H]3CCCN3C(=O)[C@H]3CCCN3CC(=O)OCC)n(CC)c2c1. The van der Waals surface area contributed by atoms with Crippen molar-refractivity contribution in [2.45, 2.75) is 84.3 Å². The second-order valence-electron chi connectivity index (χ2n) is 10.6. The van der Waals surface area contributed by atoms with E-state index >= 15 is 0 Å². The fourth-order valence-electron chi connectivity index (χ4n) is 6.05. The van der Waals surface area contributed by atoms with Crippen LogP contribution >= 0.6 is 0 Å². The van der Waals surface area contributed by atoms with Crippen molar-refractivity contribution < 1.29 is 23.9 Å². The standard InChI is InChI=1S/C30H43N5O5/c1-4-17-40-30(38)32-28(31)22-12-11-21-18-24(34(5-2)26(21)19-22)14-13-23-9-7-16-35(23)29(37)25-10-8-15-33(25)20-27(36)39-6-3/h11-12,18-19,23,25H,4-10,13-17,20H2,1-3H3,(H2,31,32,38)/t23-,25+/m0/s1. The Balaban J connectivity index is 1.42. The van der Waals surface area contributed by atoms with Crippen LogP contribution in [0.5, 0.6) is 0 Å². The van der Waals surface area contributed by atoms with E-state index in [4.69, 9.17) is 14.9 Å². The van der Waals surface area contributed by atoms with Crippen LogP contribution in [0, 0.1) is 5.41 Å². The maximum absolute atomic E-state index is 13.6. The Kier molecular flexibility index (Phi) is 10.2.